The first-order valence-electron chi connectivity index (χ1n) is 10.3. The normalized spacial score (nSPS) is 12.9. The van der Waals surface area contributed by atoms with Crippen LogP contribution in [0.1, 0.15) is 28.5 Å². The highest BCUT2D eigenvalue weighted by Crippen LogP contribution is 2.31. The molecule has 0 saturated heterocycles. The first kappa shape index (κ1) is 25.3. The number of nitrogens with zero attached hydrogens (tertiary/aromatic N) is 2. The Balaban J connectivity index is 1.73. The lowest BCUT2D eigenvalue weighted by atomic mass is 10.1. The van der Waals surface area contributed by atoms with Crippen LogP contribution in [0.3, 0.4) is 0 Å². The van der Waals surface area contributed by atoms with Crippen LogP contribution in [-0.2, 0) is 22.3 Å². The van der Waals surface area contributed by atoms with Gasteiger partial charge in [-0.1, -0.05) is 48.5 Å². The van der Waals surface area contributed by atoms with Crippen molar-refractivity contribution < 1.29 is 37.4 Å². The minimum Gasteiger partial charge on any atom is -0.480 e. The molecular weight excluding hydrogens is 469 g/mol. The van der Waals surface area contributed by atoms with Gasteiger partial charge in [-0.25, -0.2) is 14.3 Å². The Kier molecular flexibility index (Phi) is 7.74. The topological polar surface area (TPSA) is 123 Å². The molecule has 2 amide bonds. The van der Waals surface area contributed by atoms with Crippen LogP contribution in [0.4, 0.5) is 18.0 Å². The summed E-state index contributed by atoms with van der Waals surface area (Å²) in [5, 5.41) is 17.3. The van der Waals surface area contributed by atoms with E-state index in [-0.39, 0.29) is 12.3 Å². The number of nitrogens with one attached hydrogen (secondary N) is 2. The van der Waals surface area contributed by atoms with Gasteiger partial charge in [0, 0.05) is 6.20 Å². The average Bonchev–Trinajstić information content (AvgIpc) is 3.29. The fourth-order valence-corrected chi connectivity index (χ4v) is 3.12. The summed E-state index contributed by atoms with van der Waals surface area (Å²) in [6.07, 6.45) is -5.12. The number of carboxylic acid groups (broad SMARTS) is 1. The minimum absolute atomic E-state index is 0.132. The zero-order valence-electron chi connectivity index (χ0n) is 18.3. The van der Waals surface area contributed by atoms with Gasteiger partial charge in [0.25, 0.3) is 5.91 Å². The number of rotatable bonds is 8. The third-order valence-corrected chi connectivity index (χ3v) is 4.86. The molecule has 184 valence electrons. The van der Waals surface area contributed by atoms with E-state index < -0.39 is 47.5 Å². The van der Waals surface area contributed by atoms with Crippen molar-refractivity contribution in [1.82, 2.24) is 20.4 Å². The number of carbonyl (C=O) groups excluding carboxylic acids is 2. The monoisotopic (exact) mass is 490 g/mol. The summed E-state index contributed by atoms with van der Waals surface area (Å²) in [7, 11) is 0. The second-order valence-corrected chi connectivity index (χ2v) is 7.45. The largest absolute Gasteiger partial charge is 0.480 e. The highest BCUT2D eigenvalue weighted by atomic mass is 19.4. The van der Waals surface area contributed by atoms with Gasteiger partial charge in [0.05, 0.1) is 17.3 Å². The van der Waals surface area contributed by atoms with Gasteiger partial charge in [-0.3, -0.25) is 4.79 Å². The van der Waals surface area contributed by atoms with Crippen molar-refractivity contribution in [3.05, 3.63) is 83.7 Å². The maximum absolute atomic E-state index is 13.5. The van der Waals surface area contributed by atoms with E-state index in [2.05, 4.69) is 15.7 Å². The molecule has 3 N–H and O–H groups in total. The Morgan fingerprint density at radius 1 is 1.03 bits per heavy atom. The number of carboxylic acids is 1. The van der Waals surface area contributed by atoms with E-state index in [4.69, 9.17) is 4.74 Å². The summed E-state index contributed by atoms with van der Waals surface area (Å²) in [5.41, 5.74) is -1.29. The van der Waals surface area contributed by atoms with E-state index in [9.17, 15) is 32.7 Å². The fraction of sp³-hybridized carbons (Fsp3) is 0.217. The lowest BCUT2D eigenvalue weighted by molar-refractivity contribution is -0.142. The third kappa shape index (κ3) is 6.59. The van der Waals surface area contributed by atoms with E-state index in [0.717, 1.165) is 10.9 Å². The molecule has 9 nitrogen and oxygen atoms in total. The standard InChI is InChI=1S/C23H21F3N4O5/c1-14(18(21(32)33)28-22(34)35-13-15-8-4-2-5-9-15)27-20(31)17-12-30(16-10-6-3-7-11-16)29-19(17)23(24,25)26/h2-12,14,18H,13H2,1H3,(H,27,31)(H,28,34)(H,32,33). The fourth-order valence-electron chi connectivity index (χ4n) is 3.12. The van der Waals surface area contributed by atoms with Gasteiger partial charge in [0.15, 0.2) is 5.69 Å². The van der Waals surface area contributed by atoms with Crippen molar-refractivity contribution in [3.8, 4) is 5.69 Å². The Labute approximate surface area is 197 Å². The second-order valence-electron chi connectivity index (χ2n) is 7.45. The molecule has 0 aliphatic heterocycles. The first-order valence-corrected chi connectivity index (χ1v) is 10.3. The van der Waals surface area contributed by atoms with E-state index in [1.807, 2.05) is 0 Å². The second kappa shape index (κ2) is 10.7. The van der Waals surface area contributed by atoms with Crippen molar-refractivity contribution >= 4 is 18.0 Å². The van der Waals surface area contributed by atoms with Crippen LogP contribution in [0.2, 0.25) is 0 Å². The summed E-state index contributed by atoms with van der Waals surface area (Å²) in [4.78, 5) is 36.4. The molecule has 1 heterocycles. The number of aliphatic carboxylic acids is 1. The maximum atomic E-state index is 13.5. The molecule has 3 aromatic rings. The molecule has 1 aromatic heterocycles. The van der Waals surface area contributed by atoms with Gasteiger partial charge in [-0.2, -0.15) is 18.3 Å². The highest BCUT2D eigenvalue weighted by molar-refractivity contribution is 5.96. The Morgan fingerprint density at radius 2 is 1.63 bits per heavy atom. The van der Waals surface area contributed by atoms with Crippen LogP contribution < -0.4 is 10.6 Å². The maximum Gasteiger partial charge on any atom is 0.435 e. The molecule has 0 bridgehead atoms. The molecule has 0 aliphatic rings. The number of hydrogen-bond donors (Lipinski definition) is 3. The van der Waals surface area contributed by atoms with Gasteiger partial charge in [-0.15, -0.1) is 0 Å². The molecule has 0 aliphatic carbocycles. The summed E-state index contributed by atoms with van der Waals surface area (Å²) >= 11 is 0. The molecule has 0 radical (unpaired) electrons. The van der Waals surface area contributed by atoms with Crippen LogP contribution in [0, 0.1) is 0 Å². The molecule has 3 rings (SSSR count). The Morgan fingerprint density at radius 3 is 2.20 bits per heavy atom. The zero-order valence-corrected chi connectivity index (χ0v) is 18.3. The molecule has 2 atom stereocenters. The van der Waals surface area contributed by atoms with Crippen LogP contribution in [0.15, 0.2) is 66.9 Å². The van der Waals surface area contributed by atoms with Gasteiger partial charge >= 0.3 is 18.2 Å². The van der Waals surface area contributed by atoms with Crippen molar-refractivity contribution in [2.75, 3.05) is 0 Å². The number of benzene rings is 2. The minimum atomic E-state index is -4.94. The number of carbonyl (C=O) groups is 3. The van der Waals surface area contributed by atoms with Gasteiger partial charge in [-0.05, 0) is 24.6 Å². The Bertz CT molecular complexity index is 1180. The van der Waals surface area contributed by atoms with E-state index in [0.29, 0.717) is 5.56 Å². The zero-order chi connectivity index (χ0) is 25.6. The predicted octanol–water partition coefficient (Wildman–Crippen LogP) is 3.39. The third-order valence-electron chi connectivity index (χ3n) is 4.86. The van der Waals surface area contributed by atoms with Crippen LogP contribution >= 0.6 is 0 Å². The molecule has 2 aromatic carbocycles. The van der Waals surface area contributed by atoms with Crippen LogP contribution in [-0.4, -0.2) is 44.9 Å². The molecular formula is C23H21F3N4O5. The van der Waals surface area contributed by atoms with E-state index >= 15 is 0 Å². The van der Waals surface area contributed by atoms with E-state index in [1.165, 1.54) is 19.1 Å². The highest BCUT2D eigenvalue weighted by Gasteiger charge is 2.40. The molecule has 0 spiro atoms. The number of para-hydroxylation sites is 1. The molecule has 12 heteroatoms. The van der Waals surface area contributed by atoms with Crippen molar-refractivity contribution in [2.24, 2.45) is 0 Å². The summed E-state index contributed by atoms with van der Waals surface area (Å²) in [5.74, 6) is -2.73. The van der Waals surface area contributed by atoms with Gasteiger partial charge in [0.1, 0.15) is 12.6 Å². The number of amides is 2. The van der Waals surface area contributed by atoms with Crippen LogP contribution in [0.25, 0.3) is 5.69 Å². The molecule has 35 heavy (non-hydrogen) atoms. The van der Waals surface area contributed by atoms with Gasteiger partial charge < -0.3 is 20.5 Å². The lowest BCUT2D eigenvalue weighted by Crippen LogP contribution is -2.54. The molecule has 0 fully saturated rings. The summed E-state index contributed by atoms with van der Waals surface area (Å²) in [6.45, 7) is 1.09. The summed E-state index contributed by atoms with van der Waals surface area (Å²) < 4.78 is 46.5. The first-order chi connectivity index (χ1) is 16.6. The smallest absolute Gasteiger partial charge is 0.435 e. The number of ether oxygens (including phenoxy) is 1. The van der Waals surface area contributed by atoms with Crippen LogP contribution in [0.5, 0.6) is 0 Å². The average molecular weight is 490 g/mol. The number of halogens is 3. The lowest BCUT2D eigenvalue weighted by Gasteiger charge is -2.22. The van der Waals surface area contributed by atoms with E-state index in [1.54, 1.807) is 48.5 Å². The van der Waals surface area contributed by atoms with Gasteiger partial charge in [0.2, 0.25) is 0 Å². The number of hydrogen-bond acceptors (Lipinski definition) is 5. The van der Waals surface area contributed by atoms with Crippen molar-refractivity contribution in [1.29, 1.82) is 0 Å². The van der Waals surface area contributed by atoms with Crippen molar-refractivity contribution in [3.63, 3.8) is 0 Å². The predicted molar refractivity (Wildman–Crippen MR) is 117 cm³/mol. The number of alkyl carbamates (subject to hydrolysis) is 1. The number of aromatic nitrogens is 2. The summed E-state index contributed by atoms with van der Waals surface area (Å²) in [6, 6.07) is 13.5. The Hall–Kier alpha value is -4.35. The SMILES string of the molecule is CC(NC(=O)c1cn(-c2ccccc2)nc1C(F)(F)F)C(NC(=O)OCc1ccccc1)C(=O)O. The number of alkyl halides is 3. The van der Waals surface area contributed by atoms with Crippen molar-refractivity contribution in [2.45, 2.75) is 31.8 Å². The quantitative estimate of drug-likeness (QED) is 0.445. The molecule has 0 saturated carbocycles. The molecule has 2 unspecified atom stereocenters.